The molecular formula is C14H28N2O2. The summed E-state index contributed by atoms with van der Waals surface area (Å²) in [6.45, 7) is 12.0. The SMILES string of the molecule is CC(C)C(CNC(=O)CC1CNCCO1)C(C)C. The molecule has 1 unspecified atom stereocenters. The number of rotatable bonds is 6. The van der Waals surface area contributed by atoms with Crippen LogP contribution in [0.15, 0.2) is 0 Å². The maximum atomic E-state index is 11.8. The number of nitrogens with one attached hydrogen (secondary N) is 2. The van der Waals surface area contributed by atoms with Crippen LogP contribution in [0.3, 0.4) is 0 Å². The molecular weight excluding hydrogens is 228 g/mol. The van der Waals surface area contributed by atoms with Crippen LogP contribution >= 0.6 is 0 Å². The van der Waals surface area contributed by atoms with E-state index in [1.165, 1.54) is 0 Å². The van der Waals surface area contributed by atoms with Crippen molar-refractivity contribution in [2.24, 2.45) is 17.8 Å². The zero-order chi connectivity index (χ0) is 13.5. The van der Waals surface area contributed by atoms with Gasteiger partial charge in [0.1, 0.15) is 0 Å². The first-order chi connectivity index (χ1) is 8.50. The summed E-state index contributed by atoms with van der Waals surface area (Å²) in [5.74, 6) is 1.84. The Kier molecular flexibility index (Phi) is 6.65. The van der Waals surface area contributed by atoms with E-state index < -0.39 is 0 Å². The van der Waals surface area contributed by atoms with Gasteiger partial charge in [0, 0.05) is 19.6 Å². The molecule has 0 aromatic rings. The quantitative estimate of drug-likeness (QED) is 0.755. The number of carbonyl (C=O) groups is 1. The summed E-state index contributed by atoms with van der Waals surface area (Å²) in [4.78, 5) is 11.8. The number of carbonyl (C=O) groups excluding carboxylic acids is 1. The summed E-state index contributed by atoms with van der Waals surface area (Å²) in [5.41, 5.74) is 0. The molecule has 1 rings (SSSR count). The lowest BCUT2D eigenvalue weighted by molar-refractivity contribution is -0.124. The third kappa shape index (κ3) is 5.36. The highest BCUT2D eigenvalue weighted by molar-refractivity contribution is 5.76. The number of hydrogen-bond donors (Lipinski definition) is 2. The van der Waals surface area contributed by atoms with E-state index in [1.807, 2.05) is 0 Å². The van der Waals surface area contributed by atoms with Crippen molar-refractivity contribution in [1.29, 1.82) is 0 Å². The molecule has 18 heavy (non-hydrogen) atoms. The van der Waals surface area contributed by atoms with Crippen molar-refractivity contribution in [1.82, 2.24) is 10.6 Å². The average Bonchev–Trinajstić information content (AvgIpc) is 2.29. The third-order valence-corrected chi connectivity index (χ3v) is 3.67. The van der Waals surface area contributed by atoms with E-state index in [0.717, 1.165) is 19.6 Å². The second-order valence-electron chi connectivity index (χ2n) is 5.86. The van der Waals surface area contributed by atoms with Gasteiger partial charge in [-0.05, 0) is 17.8 Å². The first-order valence-corrected chi connectivity index (χ1v) is 7.09. The number of ether oxygens (including phenoxy) is 1. The molecule has 1 atom stereocenters. The third-order valence-electron chi connectivity index (χ3n) is 3.67. The Labute approximate surface area is 111 Å². The van der Waals surface area contributed by atoms with Crippen molar-refractivity contribution in [3.8, 4) is 0 Å². The predicted octanol–water partition coefficient (Wildman–Crippen LogP) is 1.41. The largest absolute Gasteiger partial charge is 0.375 e. The molecule has 0 bridgehead atoms. The summed E-state index contributed by atoms with van der Waals surface area (Å²) in [7, 11) is 0. The van der Waals surface area contributed by atoms with E-state index in [1.54, 1.807) is 0 Å². The molecule has 1 aliphatic heterocycles. The van der Waals surface area contributed by atoms with Crippen LogP contribution in [0, 0.1) is 17.8 Å². The Bertz CT molecular complexity index is 240. The van der Waals surface area contributed by atoms with Crippen LogP contribution in [0.1, 0.15) is 34.1 Å². The molecule has 0 aliphatic carbocycles. The molecule has 4 nitrogen and oxygen atoms in total. The van der Waals surface area contributed by atoms with E-state index in [-0.39, 0.29) is 12.0 Å². The van der Waals surface area contributed by atoms with Crippen molar-refractivity contribution < 1.29 is 9.53 Å². The molecule has 4 heteroatoms. The lowest BCUT2D eigenvalue weighted by Gasteiger charge is -2.26. The van der Waals surface area contributed by atoms with Crippen LogP contribution in [-0.4, -0.2) is 38.3 Å². The van der Waals surface area contributed by atoms with E-state index in [2.05, 4.69) is 38.3 Å². The van der Waals surface area contributed by atoms with Gasteiger partial charge in [0.25, 0.3) is 0 Å². The fourth-order valence-corrected chi connectivity index (χ4v) is 2.50. The topological polar surface area (TPSA) is 50.4 Å². The fraction of sp³-hybridized carbons (Fsp3) is 0.929. The van der Waals surface area contributed by atoms with Gasteiger partial charge in [0.15, 0.2) is 0 Å². The predicted molar refractivity (Wildman–Crippen MR) is 73.4 cm³/mol. The smallest absolute Gasteiger partial charge is 0.222 e. The normalized spacial score (nSPS) is 20.7. The molecule has 1 aliphatic rings. The van der Waals surface area contributed by atoms with Crippen molar-refractivity contribution in [3.05, 3.63) is 0 Å². The lowest BCUT2D eigenvalue weighted by Crippen LogP contribution is -2.42. The average molecular weight is 256 g/mol. The van der Waals surface area contributed by atoms with Gasteiger partial charge < -0.3 is 15.4 Å². The molecule has 0 aromatic carbocycles. The molecule has 0 saturated carbocycles. The highest BCUT2D eigenvalue weighted by Crippen LogP contribution is 2.19. The van der Waals surface area contributed by atoms with Crippen LogP contribution in [0.4, 0.5) is 0 Å². The highest BCUT2D eigenvalue weighted by atomic mass is 16.5. The van der Waals surface area contributed by atoms with Crippen LogP contribution in [0.5, 0.6) is 0 Å². The van der Waals surface area contributed by atoms with Gasteiger partial charge in [-0.3, -0.25) is 4.79 Å². The minimum atomic E-state index is 0.0373. The Morgan fingerprint density at radius 1 is 1.33 bits per heavy atom. The maximum Gasteiger partial charge on any atom is 0.222 e. The molecule has 106 valence electrons. The van der Waals surface area contributed by atoms with Crippen molar-refractivity contribution in [2.75, 3.05) is 26.2 Å². The zero-order valence-electron chi connectivity index (χ0n) is 12.2. The summed E-state index contributed by atoms with van der Waals surface area (Å²) in [6.07, 6.45) is 0.505. The molecule has 1 fully saturated rings. The van der Waals surface area contributed by atoms with Crippen molar-refractivity contribution in [2.45, 2.75) is 40.2 Å². The zero-order valence-corrected chi connectivity index (χ0v) is 12.2. The molecule has 2 N–H and O–H groups in total. The molecule has 1 heterocycles. The van der Waals surface area contributed by atoms with E-state index in [0.29, 0.717) is 30.8 Å². The Morgan fingerprint density at radius 3 is 2.50 bits per heavy atom. The standard InChI is InChI=1S/C14H28N2O2/c1-10(2)13(11(3)4)9-16-14(17)7-12-8-15-5-6-18-12/h10-13,15H,5-9H2,1-4H3,(H,16,17). The van der Waals surface area contributed by atoms with Crippen LogP contribution in [0.2, 0.25) is 0 Å². The second kappa shape index (κ2) is 7.74. The van der Waals surface area contributed by atoms with Gasteiger partial charge in [-0.15, -0.1) is 0 Å². The number of morpholine rings is 1. The Morgan fingerprint density at radius 2 is 2.00 bits per heavy atom. The van der Waals surface area contributed by atoms with Crippen LogP contribution in [-0.2, 0) is 9.53 Å². The van der Waals surface area contributed by atoms with Crippen molar-refractivity contribution >= 4 is 5.91 Å². The fourth-order valence-electron chi connectivity index (χ4n) is 2.50. The van der Waals surface area contributed by atoms with Gasteiger partial charge in [-0.2, -0.15) is 0 Å². The number of hydrogen-bond acceptors (Lipinski definition) is 3. The first-order valence-electron chi connectivity index (χ1n) is 7.09. The Balaban J connectivity index is 2.26. The minimum absolute atomic E-state index is 0.0373. The summed E-state index contributed by atoms with van der Waals surface area (Å²) >= 11 is 0. The number of amides is 1. The van der Waals surface area contributed by atoms with E-state index >= 15 is 0 Å². The van der Waals surface area contributed by atoms with E-state index in [9.17, 15) is 4.79 Å². The molecule has 1 amide bonds. The molecule has 0 spiro atoms. The van der Waals surface area contributed by atoms with Gasteiger partial charge in [0.2, 0.25) is 5.91 Å². The van der Waals surface area contributed by atoms with Crippen LogP contribution in [0.25, 0.3) is 0 Å². The van der Waals surface area contributed by atoms with Crippen LogP contribution < -0.4 is 10.6 Å². The summed E-state index contributed by atoms with van der Waals surface area (Å²) in [5, 5.41) is 6.28. The lowest BCUT2D eigenvalue weighted by atomic mass is 9.85. The first kappa shape index (κ1) is 15.4. The molecule has 1 saturated heterocycles. The Hall–Kier alpha value is -0.610. The van der Waals surface area contributed by atoms with Gasteiger partial charge in [0.05, 0.1) is 19.1 Å². The van der Waals surface area contributed by atoms with Gasteiger partial charge in [-0.1, -0.05) is 27.7 Å². The second-order valence-corrected chi connectivity index (χ2v) is 5.86. The molecule has 0 aromatic heterocycles. The van der Waals surface area contributed by atoms with Gasteiger partial charge in [-0.25, -0.2) is 0 Å². The molecule has 0 radical (unpaired) electrons. The van der Waals surface area contributed by atoms with E-state index in [4.69, 9.17) is 4.74 Å². The monoisotopic (exact) mass is 256 g/mol. The minimum Gasteiger partial charge on any atom is -0.375 e. The summed E-state index contributed by atoms with van der Waals surface area (Å²) in [6, 6.07) is 0. The van der Waals surface area contributed by atoms with Gasteiger partial charge >= 0.3 is 0 Å². The summed E-state index contributed by atoms with van der Waals surface area (Å²) < 4.78 is 5.53. The van der Waals surface area contributed by atoms with Crippen molar-refractivity contribution in [3.63, 3.8) is 0 Å². The highest BCUT2D eigenvalue weighted by Gasteiger charge is 2.20. The maximum absolute atomic E-state index is 11.8.